The average molecular weight is 188 g/mol. The smallest absolute Gasteiger partial charge is 0.115 e. The van der Waals surface area contributed by atoms with Crippen molar-refractivity contribution in [2.75, 3.05) is 0 Å². The molecule has 0 unspecified atom stereocenters. The highest BCUT2D eigenvalue weighted by atomic mass is 14.8. The molecular weight excluding hydrogens is 172 g/mol. The van der Waals surface area contributed by atoms with Crippen molar-refractivity contribution in [2.24, 2.45) is 9.98 Å². The topological polar surface area (TPSA) is 24.7 Å². The quantitative estimate of drug-likeness (QED) is 0.512. The number of benzene rings is 1. The third-order valence-electron chi connectivity index (χ3n) is 2.17. The predicted molar refractivity (Wildman–Crippen MR) is 63.0 cm³/mol. The first-order valence-electron chi connectivity index (χ1n) is 4.74. The van der Waals surface area contributed by atoms with Gasteiger partial charge in [0, 0.05) is 0 Å². The van der Waals surface area contributed by atoms with E-state index >= 15 is 0 Å². The molecule has 0 fully saturated rings. The maximum absolute atomic E-state index is 4.17. The van der Waals surface area contributed by atoms with Crippen LogP contribution in [0.25, 0.3) is 0 Å². The highest BCUT2D eigenvalue weighted by Gasteiger charge is 2.01. The van der Waals surface area contributed by atoms with Gasteiger partial charge in [0.1, 0.15) is 6.34 Å². The van der Waals surface area contributed by atoms with Crippen LogP contribution in [0.5, 0.6) is 0 Å². The zero-order valence-electron chi connectivity index (χ0n) is 8.99. The van der Waals surface area contributed by atoms with E-state index in [9.17, 15) is 0 Å². The summed E-state index contributed by atoms with van der Waals surface area (Å²) in [5.41, 5.74) is 3.48. The molecule has 1 rings (SSSR count). The van der Waals surface area contributed by atoms with Crippen LogP contribution in [0.15, 0.2) is 28.2 Å². The summed E-state index contributed by atoms with van der Waals surface area (Å²) in [7, 11) is 0. The molecule has 0 aliphatic heterocycles. The predicted octanol–water partition coefficient (Wildman–Crippen LogP) is 3.48. The Morgan fingerprint density at radius 3 is 2.57 bits per heavy atom. The van der Waals surface area contributed by atoms with Crippen LogP contribution >= 0.6 is 0 Å². The third-order valence-corrected chi connectivity index (χ3v) is 2.17. The highest BCUT2D eigenvalue weighted by molar-refractivity contribution is 5.67. The van der Waals surface area contributed by atoms with Crippen LogP contribution in [0.1, 0.15) is 30.9 Å². The standard InChI is InChI=1S/C12H16N2/c1-9(2)11-5-6-12(10(3)7-11)14-8-13-4/h5-9H,4H2,1-3H3/b14-8-. The number of rotatable bonds is 3. The molecular formula is C12H16N2. The van der Waals surface area contributed by atoms with Gasteiger partial charge >= 0.3 is 0 Å². The molecule has 0 heterocycles. The third kappa shape index (κ3) is 2.52. The summed E-state index contributed by atoms with van der Waals surface area (Å²) in [6.45, 7) is 9.78. The maximum atomic E-state index is 4.17. The molecule has 1 aromatic rings. The van der Waals surface area contributed by atoms with E-state index in [-0.39, 0.29) is 0 Å². The summed E-state index contributed by atoms with van der Waals surface area (Å²) in [5, 5.41) is 0. The lowest BCUT2D eigenvalue weighted by molar-refractivity contribution is 0.865. The Bertz CT molecular complexity index is 351. The first-order valence-corrected chi connectivity index (χ1v) is 4.74. The second-order valence-corrected chi connectivity index (χ2v) is 3.63. The highest BCUT2D eigenvalue weighted by Crippen LogP contribution is 2.23. The van der Waals surface area contributed by atoms with Crippen molar-refractivity contribution in [2.45, 2.75) is 26.7 Å². The summed E-state index contributed by atoms with van der Waals surface area (Å²) < 4.78 is 0. The summed E-state index contributed by atoms with van der Waals surface area (Å²) in [5.74, 6) is 0.559. The van der Waals surface area contributed by atoms with E-state index in [1.165, 1.54) is 17.5 Å². The minimum absolute atomic E-state index is 0.559. The molecule has 0 saturated heterocycles. The number of nitrogens with zero attached hydrogens (tertiary/aromatic N) is 2. The van der Waals surface area contributed by atoms with E-state index in [1.807, 2.05) is 6.07 Å². The van der Waals surface area contributed by atoms with Crippen LogP contribution in [0, 0.1) is 6.92 Å². The molecule has 0 N–H and O–H groups in total. The van der Waals surface area contributed by atoms with Crippen LogP contribution < -0.4 is 0 Å². The monoisotopic (exact) mass is 188 g/mol. The van der Waals surface area contributed by atoms with E-state index in [0.29, 0.717) is 5.92 Å². The molecule has 0 spiro atoms. The van der Waals surface area contributed by atoms with E-state index in [0.717, 1.165) is 5.69 Å². The summed E-state index contributed by atoms with van der Waals surface area (Å²) in [4.78, 5) is 7.76. The van der Waals surface area contributed by atoms with Crippen molar-refractivity contribution in [1.82, 2.24) is 0 Å². The van der Waals surface area contributed by atoms with Crippen LogP contribution in [-0.2, 0) is 0 Å². The molecule has 0 amide bonds. The normalized spacial score (nSPS) is 11.1. The maximum Gasteiger partial charge on any atom is 0.115 e. The SMILES string of the molecule is C=N/C=N\c1ccc(C(C)C)cc1C. The molecule has 2 nitrogen and oxygen atoms in total. The largest absolute Gasteiger partial charge is 0.253 e. The van der Waals surface area contributed by atoms with Gasteiger partial charge in [-0.25, -0.2) is 4.99 Å². The first-order chi connectivity index (χ1) is 6.65. The Labute approximate surface area is 85.4 Å². The van der Waals surface area contributed by atoms with Crippen molar-refractivity contribution in [1.29, 1.82) is 0 Å². The minimum Gasteiger partial charge on any atom is -0.253 e. The average Bonchev–Trinajstić information content (AvgIpc) is 2.15. The molecule has 0 bridgehead atoms. The fraction of sp³-hybridized carbons (Fsp3) is 0.333. The molecule has 0 aliphatic rings. The van der Waals surface area contributed by atoms with Gasteiger partial charge in [-0.05, 0) is 36.8 Å². The molecule has 0 aliphatic carbocycles. The van der Waals surface area contributed by atoms with E-state index in [4.69, 9.17) is 0 Å². The molecule has 0 radical (unpaired) electrons. The molecule has 14 heavy (non-hydrogen) atoms. The van der Waals surface area contributed by atoms with E-state index in [2.05, 4.69) is 49.6 Å². The zero-order valence-corrected chi connectivity index (χ0v) is 8.99. The molecule has 0 saturated carbocycles. The molecule has 74 valence electrons. The van der Waals surface area contributed by atoms with Crippen molar-refractivity contribution >= 4 is 18.7 Å². The Hall–Kier alpha value is -1.44. The van der Waals surface area contributed by atoms with Crippen LogP contribution in [0.4, 0.5) is 5.69 Å². The Morgan fingerprint density at radius 2 is 2.07 bits per heavy atom. The number of aliphatic imine (C=N–C) groups is 2. The van der Waals surface area contributed by atoms with Gasteiger partial charge in [-0.2, -0.15) is 0 Å². The lowest BCUT2D eigenvalue weighted by Gasteiger charge is -2.07. The number of aryl methyl sites for hydroxylation is 1. The van der Waals surface area contributed by atoms with Gasteiger partial charge in [0.05, 0.1) is 5.69 Å². The summed E-state index contributed by atoms with van der Waals surface area (Å²) >= 11 is 0. The van der Waals surface area contributed by atoms with Crippen LogP contribution in [0.3, 0.4) is 0 Å². The van der Waals surface area contributed by atoms with Gasteiger partial charge in [0.2, 0.25) is 0 Å². The first kappa shape index (κ1) is 10.6. The van der Waals surface area contributed by atoms with Crippen LogP contribution in [-0.4, -0.2) is 13.1 Å². The summed E-state index contributed by atoms with van der Waals surface area (Å²) in [6, 6.07) is 6.29. The van der Waals surface area contributed by atoms with Gasteiger partial charge in [-0.3, -0.25) is 4.99 Å². The van der Waals surface area contributed by atoms with E-state index < -0.39 is 0 Å². The molecule has 0 aromatic heterocycles. The Kier molecular flexibility index (Phi) is 3.57. The van der Waals surface area contributed by atoms with Crippen molar-refractivity contribution in [3.8, 4) is 0 Å². The lowest BCUT2D eigenvalue weighted by atomic mass is 10.0. The van der Waals surface area contributed by atoms with Gasteiger partial charge in [0.15, 0.2) is 0 Å². The minimum atomic E-state index is 0.559. The molecule has 1 aromatic carbocycles. The lowest BCUT2D eigenvalue weighted by Crippen LogP contribution is -1.87. The molecule has 2 heteroatoms. The van der Waals surface area contributed by atoms with Crippen molar-refractivity contribution < 1.29 is 0 Å². The number of hydrogen-bond acceptors (Lipinski definition) is 1. The second kappa shape index (κ2) is 4.70. The fourth-order valence-electron chi connectivity index (χ4n) is 1.29. The fourth-order valence-corrected chi connectivity index (χ4v) is 1.29. The van der Waals surface area contributed by atoms with Crippen molar-refractivity contribution in [3.63, 3.8) is 0 Å². The molecule has 0 atom stereocenters. The second-order valence-electron chi connectivity index (χ2n) is 3.63. The Morgan fingerprint density at radius 1 is 1.36 bits per heavy atom. The zero-order chi connectivity index (χ0) is 10.6. The number of hydrogen-bond donors (Lipinski definition) is 0. The van der Waals surface area contributed by atoms with Gasteiger partial charge < -0.3 is 0 Å². The van der Waals surface area contributed by atoms with Crippen molar-refractivity contribution in [3.05, 3.63) is 29.3 Å². The van der Waals surface area contributed by atoms with Gasteiger partial charge in [0.25, 0.3) is 0 Å². The Balaban J connectivity index is 3.01. The van der Waals surface area contributed by atoms with Gasteiger partial charge in [-0.15, -0.1) is 0 Å². The van der Waals surface area contributed by atoms with E-state index in [1.54, 1.807) is 0 Å². The van der Waals surface area contributed by atoms with Crippen LogP contribution in [0.2, 0.25) is 0 Å². The van der Waals surface area contributed by atoms with Gasteiger partial charge in [-0.1, -0.05) is 26.0 Å². The summed E-state index contributed by atoms with van der Waals surface area (Å²) in [6.07, 6.45) is 1.47.